The molecule has 3 unspecified atom stereocenters. The lowest BCUT2D eigenvalue weighted by Crippen LogP contribution is -2.43. The first-order valence-electron chi connectivity index (χ1n) is 13.5. The van der Waals surface area contributed by atoms with Crippen molar-refractivity contribution in [3.63, 3.8) is 0 Å². The van der Waals surface area contributed by atoms with Gasteiger partial charge in [-0.05, 0) is 31.4 Å². The number of nitrogens with one attached hydrogen (secondary N) is 2. The third kappa shape index (κ3) is 18.9. The van der Waals surface area contributed by atoms with Crippen LogP contribution in [-0.2, 0) is 45.6 Å². The van der Waals surface area contributed by atoms with E-state index >= 15 is 0 Å². The van der Waals surface area contributed by atoms with Crippen molar-refractivity contribution in [2.75, 3.05) is 74.7 Å². The van der Waals surface area contributed by atoms with Gasteiger partial charge in [0.2, 0.25) is 11.8 Å². The number of amides is 2. The Hall–Kier alpha value is -0.676. The zero-order valence-electron chi connectivity index (χ0n) is 25.6. The minimum absolute atomic E-state index is 0. The van der Waals surface area contributed by atoms with Crippen LogP contribution in [0.4, 0.5) is 0 Å². The van der Waals surface area contributed by atoms with E-state index in [9.17, 15) is 19.8 Å². The van der Waals surface area contributed by atoms with Crippen molar-refractivity contribution in [1.82, 2.24) is 10.6 Å². The van der Waals surface area contributed by atoms with Gasteiger partial charge in [0.1, 0.15) is 1.12 Å². The second kappa shape index (κ2) is 26.7. The third-order valence-corrected chi connectivity index (χ3v) is 12.1. The normalized spacial score (nSPS) is 14.1. The molecule has 0 aliphatic heterocycles. The van der Waals surface area contributed by atoms with Gasteiger partial charge < -0.3 is 56.9 Å². The smallest absolute Gasteiger partial charge is 0.377 e. The number of rotatable bonds is 27. The topological polar surface area (TPSA) is 172 Å². The Kier molecular flexibility index (Phi) is 27.6. The fraction of sp³-hybridized carbons (Fsp3) is 0.920. The van der Waals surface area contributed by atoms with Gasteiger partial charge in [0.05, 0.1) is 13.1 Å². The SMILES string of the molecule is C.C.[3H]SCCC(CCC(=O)NCC(O)OCCC[Si](OC)(OC)OC)C(=O)NCC(O)OCCC[Si](OC)(OC)OC. The van der Waals surface area contributed by atoms with Crippen molar-refractivity contribution in [2.24, 2.45) is 5.92 Å². The minimum Gasteiger partial charge on any atom is -0.377 e. The molecule has 0 saturated carbocycles. The van der Waals surface area contributed by atoms with Crippen molar-refractivity contribution in [2.45, 2.75) is 71.6 Å². The summed E-state index contributed by atoms with van der Waals surface area (Å²) in [6.45, 7) is 0.210. The second-order valence-electron chi connectivity index (χ2n) is 8.73. The van der Waals surface area contributed by atoms with Crippen molar-refractivity contribution in [3.8, 4) is 0 Å². The highest BCUT2D eigenvalue weighted by molar-refractivity contribution is 7.80. The molecule has 0 spiro atoms. The van der Waals surface area contributed by atoms with Crippen LogP contribution >= 0.6 is 12.5 Å². The van der Waals surface area contributed by atoms with Gasteiger partial charge in [0.15, 0.2) is 12.6 Å². The highest BCUT2D eigenvalue weighted by Gasteiger charge is 2.37. The van der Waals surface area contributed by atoms with E-state index in [-0.39, 0.29) is 65.8 Å². The molecule has 0 fully saturated rings. The quantitative estimate of drug-likeness (QED) is 0.0370. The maximum absolute atomic E-state index is 12.7. The molecular weight excluding hydrogens is 609 g/mol. The number of thiol groups is 1. The molecule has 0 aliphatic rings. The zero-order valence-corrected chi connectivity index (χ0v) is 27.4. The average molecular weight is 669 g/mol. The van der Waals surface area contributed by atoms with E-state index in [1.54, 1.807) is 0 Å². The summed E-state index contributed by atoms with van der Waals surface area (Å²) in [5, 5.41) is 25.3. The molecule has 0 aromatic heterocycles. The summed E-state index contributed by atoms with van der Waals surface area (Å²) in [6, 6.07) is 1.02. The van der Waals surface area contributed by atoms with Crippen LogP contribution in [0.1, 0.15) is 47.0 Å². The monoisotopic (exact) mass is 668 g/mol. The van der Waals surface area contributed by atoms with E-state index in [2.05, 4.69) is 10.6 Å². The molecule has 0 saturated heterocycles. The molecule has 0 heterocycles. The Morgan fingerprint density at radius 3 is 1.60 bits per heavy atom. The van der Waals surface area contributed by atoms with Crippen molar-refractivity contribution in [3.05, 3.63) is 0 Å². The summed E-state index contributed by atoms with van der Waals surface area (Å²) in [5.41, 5.74) is 0. The van der Waals surface area contributed by atoms with Gasteiger partial charge in [-0.2, -0.15) is 12.5 Å². The molecule has 0 aromatic carbocycles. The van der Waals surface area contributed by atoms with E-state index in [1.165, 1.54) is 42.7 Å². The molecule has 3 atom stereocenters. The van der Waals surface area contributed by atoms with Gasteiger partial charge in [0, 0.05) is 80.3 Å². The standard InChI is InChI=1S/C23H50N2O12SSi2.2CH4/c1-30-39(31-2,32-3)15-7-12-36-21(27)17-24-20(26)10-9-19(11-14-38)23(29)25-18-22(28)37-13-8-16-40(33-4,34-5)35-6;;/h19,21-22,27-28,38H,7-18H2,1-6H3,(H,24,26)(H,25,29);2*1H4/i/hT. The number of hydrogen-bond donors (Lipinski definition) is 5. The van der Waals surface area contributed by atoms with Crippen LogP contribution < -0.4 is 10.6 Å². The summed E-state index contributed by atoms with van der Waals surface area (Å²) in [6.07, 6.45) is -0.668. The highest BCUT2D eigenvalue weighted by atomic mass is 32.1. The summed E-state index contributed by atoms with van der Waals surface area (Å²) in [7, 11) is 3.69. The van der Waals surface area contributed by atoms with Gasteiger partial charge in [-0.25, -0.2) is 0 Å². The Bertz CT molecular complexity index is 684. The van der Waals surface area contributed by atoms with Crippen molar-refractivity contribution >= 4 is 42.0 Å². The van der Waals surface area contributed by atoms with Gasteiger partial charge in [-0.1, -0.05) is 14.9 Å². The zero-order chi connectivity index (χ0) is 31.2. The summed E-state index contributed by atoms with van der Waals surface area (Å²) in [4.78, 5) is 25.0. The first-order chi connectivity index (χ1) is 19.6. The molecule has 0 aliphatic carbocycles. The first kappa shape index (κ1) is 43.5. The van der Waals surface area contributed by atoms with E-state index in [4.69, 9.17) is 37.2 Å². The predicted octanol–water partition coefficient (Wildman–Crippen LogP) is 1.41. The molecule has 17 heteroatoms. The molecule has 0 radical (unpaired) electrons. The fourth-order valence-corrected chi connectivity index (χ4v) is 7.39. The van der Waals surface area contributed by atoms with E-state index in [1.807, 2.05) is 0 Å². The Morgan fingerprint density at radius 1 is 0.762 bits per heavy atom. The third-order valence-electron chi connectivity index (χ3n) is 6.22. The first-order valence-corrected chi connectivity index (χ1v) is 17.6. The van der Waals surface area contributed by atoms with Crippen LogP contribution in [0.3, 0.4) is 0 Å². The summed E-state index contributed by atoms with van der Waals surface area (Å²) in [5.74, 6) is -0.810. The fourth-order valence-electron chi connectivity index (χ4n) is 3.72. The molecule has 0 rings (SSSR count). The van der Waals surface area contributed by atoms with Crippen LogP contribution in [0, 0.1) is 5.92 Å². The molecule has 14 nitrogen and oxygen atoms in total. The van der Waals surface area contributed by atoms with Gasteiger partial charge in [-0.15, -0.1) is 0 Å². The second-order valence-corrected chi connectivity index (χ2v) is 15.3. The van der Waals surface area contributed by atoms with E-state index in [0.29, 0.717) is 37.1 Å². The number of carbonyl (C=O) groups is 2. The number of ether oxygens (including phenoxy) is 2. The molecule has 2 amide bonds. The van der Waals surface area contributed by atoms with Gasteiger partial charge in [0.25, 0.3) is 0 Å². The lowest BCUT2D eigenvalue weighted by Gasteiger charge is -2.24. The molecular formula is C25H58N2O12SSi2. The lowest BCUT2D eigenvalue weighted by atomic mass is 9.99. The number of aliphatic hydroxyl groups excluding tert-OH is 2. The minimum atomic E-state index is -2.72. The maximum Gasteiger partial charge on any atom is 0.500 e. The highest BCUT2D eigenvalue weighted by Crippen LogP contribution is 2.16. The maximum atomic E-state index is 12.7. The lowest BCUT2D eigenvalue weighted by molar-refractivity contribution is -0.131. The summed E-state index contributed by atoms with van der Waals surface area (Å²) >= 11 is 0.853. The summed E-state index contributed by atoms with van der Waals surface area (Å²) < 4.78 is 50.0. The van der Waals surface area contributed by atoms with E-state index < -0.39 is 36.1 Å². The largest absolute Gasteiger partial charge is 0.500 e. The molecule has 4 N–H and O–H groups in total. The molecule has 42 heavy (non-hydrogen) atoms. The Morgan fingerprint density at radius 2 is 1.19 bits per heavy atom. The number of hydrogen-bond acceptors (Lipinski definition) is 13. The van der Waals surface area contributed by atoms with E-state index in [0.717, 1.165) is 12.5 Å². The van der Waals surface area contributed by atoms with Gasteiger partial charge in [-0.3, -0.25) is 9.59 Å². The van der Waals surface area contributed by atoms with Crippen LogP contribution in [-0.4, -0.2) is 128 Å². The molecule has 254 valence electrons. The Labute approximate surface area is 261 Å². The molecule has 0 bridgehead atoms. The number of carbonyl (C=O) groups excluding carboxylic acids is 2. The van der Waals surface area contributed by atoms with Crippen LogP contribution in [0.15, 0.2) is 0 Å². The average Bonchev–Trinajstić information content (AvgIpc) is 2.99. The molecule has 0 aromatic rings. The van der Waals surface area contributed by atoms with Crippen molar-refractivity contribution in [1.29, 1.82) is 1.12 Å². The van der Waals surface area contributed by atoms with Gasteiger partial charge >= 0.3 is 17.6 Å². The van der Waals surface area contributed by atoms with Crippen molar-refractivity contribution < 1.29 is 55.8 Å². The number of aliphatic hydroxyl groups is 2. The van der Waals surface area contributed by atoms with Crippen LogP contribution in [0.5, 0.6) is 0 Å². The van der Waals surface area contributed by atoms with Crippen LogP contribution in [0.2, 0.25) is 12.1 Å². The van der Waals surface area contributed by atoms with Crippen LogP contribution in [0.25, 0.3) is 0 Å². The predicted molar refractivity (Wildman–Crippen MR) is 167 cm³/mol. The Balaban J connectivity index is -0.00000800.